The van der Waals surface area contributed by atoms with Crippen LogP contribution in [-0.2, 0) is 30.5 Å². The van der Waals surface area contributed by atoms with Gasteiger partial charge in [-0.25, -0.2) is 4.79 Å². The van der Waals surface area contributed by atoms with Crippen molar-refractivity contribution in [1.29, 1.82) is 0 Å². The Kier molecular flexibility index (Phi) is 9.44. The molecule has 0 aliphatic rings. The van der Waals surface area contributed by atoms with Crippen molar-refractivity contribution < 1.29 is 29.0 Å². The van der Waals surface area contributed by atoms with E-state index in [1.807, 2.05) is 30.3 Å². The number of methoxy groups -OCH3 is 1. The largest absolute Gasteiger partial charge is 0.480 e. The number of carboxylic acid groups (broad SMARTS) is 1. The summed E-state index contributed by atoms with van der Waals surface area (Å²) in [4.78, 5) is 36.2. The Morgan fingerprint density at radius 1 is 1.21 bits per heavy atom. The van der Waals surface area contributed by atoms with Crippen LogP contribution in [0, 0.1) is 0 Å². The summed E-state index contributed by atoms with van der Waals surface area (Å²) in [7, 11) is 1.45. The lowest BCUT2D eigenvalue weighted by Gasteiger charge is -2.29. The molecule has 9 heteroatoms. The summed E-state index contributed by atoms with van der Waals surface area (Å²) in [5.74, 6) is -2.38. The minimum Gasteiger partial charge on any atom is -0.480 e. The minimum atomic E-state index is -1.35. The molecular formula is C19H28N2O6S. The highest BCUT2D eigenvalue weighted by Gasteiger charge is 2.35. The molecule has 1 rings (SSSR count). The fourth-order valence-electron chi connectivity index (χ4n) is 2.16. The second-order valence-corrected chi connectivity index (χ2v) is 7.42. The summed E-state index contributed by atoms with van der Waals surface area (Å²) in [6, 6.07) is 8.00. The van der Waals surface area contributed by atoms with Crippen molar-refractivity contribution in [3.63, 3.8) is 0 Å². The van der Waals surface area contributed by atoms with Gasteiger partial charge >= 0.3 is 5.97 Å². The molecule has 0 spiro atoms. The molecular weight excluding hydrogens is 384 g/mol. The fourth-order valence-corrected chi connectivity index (χ4v) is 2.35. The standard InChI is InChI=1S/C19H28N2O6S/c1-12(26-4)15(28)16(22)21-19(2,3)18(25)20-14(17(23)24)11-27-10-13-8-6-5-7-9-13/h5-9,12,14-15,28H,10-11H2,1-4H3,(H,20,25)(H,21,22)(H,23,24)/t12-,14+,15-/m1/s1. The van der Waals surface area contributed by atoms with Crippen molar-refractivity contribution in [2.75, 3.05) is 13.7 Å². The van der Waals surface area contributed by atoms with Gasteiger partial charge in [0.2, 0.25) is 11.8 Å². The molecule has 28 heavy (non-hydrogen) atoms. The van der Waals surface area contributed by atoms with Crippen molar-refractivity contribution >= 4 is 30.4 Å². The van der Waals surface area contributed by atoms with E-state index in [-0.39, 0.29) is 13.2 Å². The lowest BCUT2D eigenvalue weighted by molar-refractivity contribution is -0.145. The number of carbonyl (C=O) groups excluding carboxylic acids is 2. The Hall–Kier alpha value is -2.10. The van der Waals surface area contributed by atoms with Gasteiger partial charge in [0.1, 0.15) is 10.8 Å². The van der Waals surface area contributed by atoms with Crippen LogP contribution in [0.5, 0.6) is 0 Å². The van der Waals surface area contributed by atoms with E-state index in [2.05, 4.69) is 23.3 Å². The summed E-state index contributed by atoms with van der Waals surface area (Å²) in [5.41, 5.74) is -0.462. The summed E-state index contributed by atoms with van der Waals surface area (Å²) < 4.78 is 10.5. The van der Waals surface area contributed by atoms with Crippen LogP contribution in [0.15, 0.2) is 30.3 Å². The number of benzene rings is 1. The first-order valence-corrected chi connectivity index (χ1v) is 9.28. The molecule has 8 nitrogen and oxygen atoms in total. The van der Waals surface area contributed by atoms with E-state index < -0.39 is 40.7 Å². The van der Waals surface area contributed by atoms with Gasteiger partial charge in [0.15, 0.2) is 6.04 Å². The quantitative estimate of drug-likeness (QED) is 0.403. The molecule has 3 N–H and O–H groups in total. The zero-order valence-electron chi connectivity index (χ0n) is 16.5. The van der Waals surface area contributed by atoms with Crippen molar-refractivity contribution in [2.24, 2.45) is 0 Å². The van der Waals surface area contributed by atoms with E-state index in [1.165, 1.54) is 21.0 Å². The smallest absolute Gasteiger partial charge is 0.328 e. The highest BCUT2D eigenvalue weighted by atomic mass is 32.1. The van der Waals surface area contributed by atoms with Gasteiger partial charge in [0, 0.05) is 7.11 Å². The average Bonchev–Trinajstić information content (AvgIpc) is 2.66. The summed E-state index contributed by atoms with van der Waals surface area (Å²) in [6.45, 7) is 4.63. The molecule has 0 radical (unpaired) electrons. The molecule has 1 aromatic rings. The molecule has 0 saturated heterocycles. The Labute approximate surface area is 170 Å². The van der Waals surface area contributed by atoms with Gasteiger partial charge in [-0.1, -0.05) is 30.3 Å². The Morgan fingerprint density at radius 2 is 1.82 bits per heavy atom. The number of thiol groups is 1. The van der Waals surface area contributed by atoms with Crippen molar-refractivity contribution in [3.05, 3.63) is 35.9 Å². The second-order valence-electron chi connectivity index (χ2n) is 6.86. The van der Waals surface area contributed by atoms with Crippen LogP contribution >= 0.6 is 12.6 Å². The number of carbonyl (C=O) groups is 3. The maximum atomic E-state index is 12.5. The topological polar surface area (TPSA) is 114 Å². The summed E-state index contributed by atoms with van der Waals surface area (Å²) in [6.07, 6.45) is -0.458. The van der Waals surface area contributed by atoms with E-state index >= 15 is 0 Å². The average molecular weight is 413 g/mol. The SMILES string of the molecule is CO[C@H](C)[C@@H](S)C(=O)NC(C)(C)C(=O)N[C@@H](COCc1ccccc1)C(=O)O. The van der Waals surface area contributed by atoms with E-state index in [4.69, 9.17) is 9.47 Å². The normalized spacial score (nSPS) is 14.6. The Balaban J connectivity index is 2.63. The predicted octanol–water partition coefficient (Wildman–Crippen LogP) is 1.00. The predicted molar refractivity (Wildman–Crippen MR) is 107 cm³/mol. The maximum absolute atomic E-state index is 12.5. The molecule has 3 atom stereocenters. The highest BCUT2D eigenvalue weighted by Crippen LogP contribution is 2.10. The lowest BCUT2D eigenvalue weighted by Crippen LogP contribution is -2.60. The third-order valence-electron chi connectivity index (χ3n) is 4.09. The first-order valence-electron chi connectivity index (χ1n) is 8.76. The van der Waals surface area contributed by atoms with Crippen molar-refractivity contribution in [2.45, 2.75) is 50.3 Å². The van der Waals surface area contributed by atoms with Crippen molar-refractivity contribution in [3.8, 4) is 0 Å². The molecule has 0 aromatic heterocycles. The number of rotatable bonds is 11. The van der Waals surface area contributed by atoms with E-state index in [1.54, 1.807) is 6.92 Å². The summed E-state index contributed by atoms with van der Waals surface area (Å²) >= 11 is 4.18. The van der Waals surface area contributed by atoms with E-state index in [0.29, 0.717) is 0 Å². The molecule has 0 bridgehead atoms. The number of amides is 2. The number of aliphatic carboxylic acids is 1. The van der Waals surface area contributed by atoms with Gasteiger partial charge in [0.25, 0.3) is 0 Å². The number of carboxylic acids is 1. The van der Waals surface area contributed by atoms with Gasteiger partial charge < -0.3 is 25.2 Å². The van der Waals surface area contributed by atoms with Gasteiger partial charge in [-0.15, -0.1) is 0 Å². The first kappa shape index (κ1) is 23.9. The van der Waals surface area contributed by atoms with Gasteiger partial charge in [0.05, 0.1) is 19.3 Å². The molecule has 2 amide bonds. The van der Waals surface area contributed by atoms with Crippen LogP contribution in [0.25, 0.3) is 0 Å². The zero-order chi connectivity index (χ0) is 21.3. The number of hydrogen-bond acceptors (Lipinski definition) is 6. The van der Waals surface area contributed by atoms with E-state index in [0.717, 1.165) is 5.56 Å². The molecule has 0 unspecified atom stereocenters. The first-order chi connectivity index (χ1) is 13.1. The third-order valence-corrected chi connectivity index (χ3v) is 4.74. The van der Waals surface area contributed by atoms with Gasteiger partial charge in [-0.2, -0.15) is 12.6 Å². The zero-order valence-corrected chi connectivity index (χ0v) is 17.4. The van der Waals surface area contributed by atoms with Crippen LogP contribution in [0.2, 0.25) is 0 Å². The van der Waals surface area contributed by atoms with Gasteiger partial charge in [-0.3, -0.25) is 9.59 Å². The molecule has 0 aliphatic carbocycles. The number of nitrogens with one attached hydrogen (secondary N) is 2. The minimum absolute atomic E-state index is 0.212. The third kappa shape index (κ3) is 7.49. The maximum Gasteiger partial charge on any atom is 0.328 e. The molecule has 0 aliphatic heterocycles. The highest BCUT2D eigenvalue weighted by molar-refractivity contribution is 7.81. The molecule has 0 heterocycles. The molecule has 0 fully saturated rings. The van der Waals surface area contributed by atoms with Crippen LogP contribution in [0.4, 0.5) is 0 Å². The van der Waals surface area contributed by atoms with Crippen molar-refractivity contribution in [1.82, 2.24) is 10.6 Å². The fraction of sp³-hybridized carbons (Fsp3) is 0.526. The molecule has 1 aromatic carbocycles. The summed E-state index contributed by atoms with van der Waals surface area (Å²) in [5, 5.41) is 13.5. The van der Waals surface area contributed by atoms with Crippen LogP contribution in [-0.4, -0.2) is 59.5 Å². The Morgan fingerprint density at radius 3 is 2.36 bits per heavy atom. The van der Waals surface area contributed by atoms with Crippen LogP contribution in [0.1, 0.15) is 26.3 Å². The number of hydrogen-bond donors (Lipinski definition) is 4. The van der Waals surface area contributed by atoms with Crippen LogP contribution < -0.4 is 10.6 Å². The monoisotopic (exact) mass is 412 g/mol. The Bertz CT molecular complexity index is 668. The van der Waals surface area contributed by atoms with E-state index in [9.17, 15) is 19.5 Å². The molecule has 0 saturated carbocycles. The molecule has 156 valence electrons. The number of ether oxygens (including phenoxy) is 2. The second kappa shape index (κ2) is 11.0. The lowest BCUT2D eigenvalue weighted by atomic mass is 10.0. The van der Waals surface area contributed by atoms with Gasteiger partial charge in [-0.05, 0) is 26.3 Å². The van der Waals surface area contributed by atoms with Crippen LogP contribution in [0.3, 0.4) is 0 Å².